The highest BCUT2D eigenvalue weighted by molar-refractivity contribution is 5.67. The second kappa shape index (κ2) is 7.54. The molecule has 0 radical (unpaired) electrons. The number of nitrogens with zero attached hydrogens (tertiary/aromatic N) is 1. The van der Waals surface area contributed by atoms with Crippen LogP contribution in [-0.2, 0) is 4.74 Å². The van der Waals surface area contributed by atoms with Crippen molar-refractivity contribution >= 4 is 6.09 Å². The molecule has 0 bridgehead atoms. The Bertz CT molecular complexity index is 231. The molecule has 1 heterocycles. The Labute approximate surface area is 105 Å². The summed E-state index contributed by atoms with van der Waals surface area (Å²) in [6.07, 6.45) is 3.18. The number of hydrogen-bond acceptors (Lipinski definition) is 3. The van der Waals surface area contributed by atoms with Gasteiger partial charge in [0.2, 0.25) is 0 Å². The summed E-state index contributed by atoms with van der Waals surface area (Å²) in [5.41, 5.74) is 0. The maximum absolute atomic E-state index is 11.3. The number of likely N-dealkylation sites (tertiary alicyclic amines) is 1. The van der Waals surface area contributed by atoms with Gasteiger partial charge in [-0.25, -0.2) is 4.79 Å². The third-order valence-corrected chi connectivity index (χ3v) is 3.13. The zero-order valence-electron chi connectivity index (χ0n) is 11.4. The van der Waals surface area contributed by atoms with Gasteiger partial charge in [0.25, 0.3) is 0 Å². The number of ether oxygens (including phenoxy) is 1. The quantitative estimate of drug-likeness (QED) is 0.804. The third-order valence-electron chi connectivity index (χ3n) is 3.13. The molecule has 4 heteroatoms. The fraction of sp³-hybridized carbons (Fsp3) is 0.923. The molecular weight excluding hydrogens is 216 g/mol. The van der Waals surface area contributed by atoms with E-state index < -0.39 is 0 Å². The molecule has 1 amide bonds. The Morgan fingerprint density at radius 2 is 2.29 bits per heavy atom. The lowest BCUT2D eigenvalue weighted by Crippen LogP contribution is -2.48. The van der Waals surface area contributed by atoms with Crippen LogP contribution in [0.4, 0.5) is 4.79 Å². The van der Waals surface area contributed by atoms with Crippen LogP contribution in [0.15, 0.2) is 0 Å². The van der Waals surface area contributed by atoms with Crippen LogP contribution >= 0.6 is 0 Å². The van der Waals surface area contributed by atoms with Crippen molar-refractivity contribution in [2.45, 2.75) is 46.1 Å². The van der Waals surface area contributed by atoms with E-state index in [0.29, 0.717) is 6.61 Å². The van der Waals surface area contributed by atoms with Gasteiger partial charge in [-0.05, 0) is 45.2 Å². The smallest absolute Gasteiger partial charge is 0.407 e. The summed E-state index contributed by atoms with van der Waals surface area (Å²) in [5.74, 6) is 0.744. The average molecular weight is 242 g/mol. The van der Waals surface area contributed by atoms with Crippen molar-refractivity contribution in [1.29, 1.82) is 0 Å². The summed E-state index contributed by atoms with van der Waals surface area (Å²) in [6.45, 7) is 10.0. The molecule has 1 aliphatic heterocycles. The van der Waals surface area contributed by atoms with Gasteiger partial charge < -0.3 is 15.0 Å². The number of amides is 1. The molecule has 0 aromatic heterocycles. The number of piperidine rings is 1. The molecule has 0 aromatic carbocycles. The predicted molar refractivity (Wildman–Crippen MR) is 69.1 cm³/mol. The molecule has 1 fully saturated rings. The average Bonchev–Trinajstić information content (AvgIpc) is 2.27. The van der Waals surface area contributed by atoms with E-state index in [-0.39, 0.29) is 12.1 Å². The van der Waals surface area contributed by atoms with E-state index in [2.05, 4.69) is 24.1 Å². The first kappa shape index (κ1) is 14.3. The van der Waals surface area contributed by atoms with Crippen molar-refractivity contribution in [3.63, 3.8) is 0 Å². The molecular formula is C13H26N2O2. The second-order valence-corrected chi connectivity index (χ2v) is 5.19. The molecule has 0 aromatic rings. The van der Waals surface area contributed by atoms with Gasteiger partial charge in [0.1, 0.15) is 0 Å². The number of carbonyl (C=O) groups excluding carboxylic acids is 1. The van der Waals surface area contributed by atoms with Gasteiger partial charge in [-0.15, -0.1) is 0 Å². The largest absolute Gasteiger partial charge is 0.450 e. The van der Waals surface area contributed by atoms with Crippen LogP contribution in [0.3, 0.4) is 0 Å². The Kier molecular flexibility index (Phi) is 6.34. The van der Waals surface area contributed by atoms with Crippen molar-refractivity contribution in [2.75, 3.05) is 26.2 Å². The number of nitrogens with one attached hydrogen (secondary N) is 1. The normalized spacial score (nSPS) is 21.5. The van der Waals surface area contributed by atoms with E-state index in [1.54, 1.807) is 0 Å². The highest BCUT2D eigenvalue weighted by Gasteiger charge is 2.21. The fourth-order valence-electron chi connectivity index (χ4n) is 2.16. The van der Waals surface area contributed by atoms with Crippen LogP contribution in [0.5, 0.6) is 0 Å². The molecule has 0 spiro atoms. The molecule has 0 aliphatic carbocycles. The molecule has 0 saturated carbocycles. The van der Waals surface area contributed by atoms with E-state index in [4.69, 9.17) is 4.74 Å². The zero-order valence-corrected chi connectivity index (χ0v) is 11.4. The number of carbonyl (C=O) groups is 1. The summed E-state index contributed by atoms with van der Waals surface area (Å²) < 4.78 is 4.91. The van der Waals surface area contributed by atoms with E-state index in [9.17, 15) is 4.79 Å². The first-order valence-corrected chi connectivity index (χ1v) is 6.77. The summed E-state index contributed by atoms with van der Waals surface area (Å²) in [4.78, 5) is 13.8. The van der Waals surface area contributed by atoms with E-state index >= 15 is 0 Å². The van der Waals surface area contributed by atoms with Crippen LogP contribution in [0, 0.1) is 5.92 Å². The maximum Gasteiger partial charge on any atom is 0.407 e. The standard InChI is InChI=1S/C13H26N2O2/c1-4-17-13(16)14-12-6-5-8-15(10-12)9-7-11(2)3/h11-12H,4-10H2,1-3H3,(H,14,16). The van der Waals surface area contributed by atoms with Crippen molar-refractivity contribution in [3.8, 4) is 0 Å². The molecule has 1 aliphatic rings. The van der Waals surface area contributed by atoms with Gasteiger partial charge in [-0.2, -0.15) is 0 Å². The van der Waals surface area contributed by atoms with E-state index in [1.165, 1.54) is 6.42 Å². The molecule has 100 valence electrons. The summed E-state index contributed by atoms with van der Waals surface area (Å²) in [6, 6.07) is 0.259. The minimum atomic E-state index is -0.275. The van der Waals surface area contributed by atoms with Gasteiger partial charge in [0, 0.05) is 12.6 Å². The highest BCUT2D eigenvalue weighted by atomic mass is 16.5. The maximum atomic E-state index is 11.3. The highest BCUT2D eigenvalue weighted by Crippen LogP contribution is 2.12. The molecule has 17 heavy (non-hydrogen) atoms. The zero-order chi connectivity index (χ0) is 12.7. The molecule has 1 N–H and O–H groups in total. The van der Waals surface area contributed by atoms with Gasteiger partial charge in [-0.3, -0.25) is 0 Å². The van der Waals surface area contributed by atoms with Crippen LogP contribution < -0.4 is 5.32 Å². The lowest BCUT2D eigenvalue weighted by molar-refractivity contribution is 0.132. The van der Waals surface area contributed by atoms with Crippen LogP contribution in [0.1, 0.15) is 40.0 Å². The minimum Gasteiger partial charge on any atom is -0.450 e. The van der Waals surface area contributed by atoms with Crippen molar-refractivity contribution in [2.24, 2.45) is 5.92 Å². The SMILES string of the molecule is CCOC(=O)NC1CCCN(CCC(C)C)C1. The van der Waals surface area contributed by atoms with Crippen LogP contribution in [-0.4, -0.2) is 43.3 Å². The third kappa shape index (κ3) is 5.91. The van der Waals surface area contributed by atoms with Crippen LogP contribution in [0.2, 0.25) is 0 Å². The van der Waals surface area contributed by atoms with Crippen molar-refractivity contribution in [1.82, 2.24) is 10.2 Å². The Hall–Kier alpha value is -0.770. The molecule has 1 unspecified atom stereocenters. The Morgan fingerprint density at radius 1 is 1.53 bits per heavy atom. The van der Waals surface area contributed by atoms with Crippen LogP contribution in [0.25, 0.3) is 0 Å². The van der Waals surface area contributed by atoms with E-state index in [0.717, 1.165) is 38.4 Å². The molecule has 1 rings (SSSR count). The monoisotopic (exact) mass is 242 g/mol. The topological polar surface area (TPSA) is 41.6 Å². The molecule has 1 atom stereocenters. The Morgan fingerprint density at radius 3 is 2.94 bits per heavy atom. The van der Waals surface area contributed by atoms with Gasteiger partial charge >= 0.3 is 6.09 Å². The number of rotatable bonds is 5. The fourth-order valence-corrected chi connectivity index (χ4v) is 2.16. The van der Waals surface area contributed by atoms with Gasteiger partial charge in [-0.1, -0.05) is 13.8 Å². The lowest BCUT2D eigenvalue weighted by atomic mass is 10.0. The first-order valence-electron chi connectivity index (χ1n) is 6.77. The lowest BCUT2D eigenvalue weighted by Gasteiger charge is -2.33. The van der Waals surface area contributed by atoms with Gasteiger partial charge in [0.05, 0.1) is 6.61 Å². The second-order valence-electron chi connectivity index (χ2n) is 5.19. The van der Waals surface area contributed by atoms with Crippen molar-refractivity contribution < 1.29 is 9.53 Å². The van der Waals surface area contributed by atoms with Crippen molar-refractivity contribution in [3.05, 3.63) is 0 Å². The molecule has 4 nitrogen and oxygen atoms in total. The Balaban J connectivity index is 2.25. The predicted octanol–water partition coefficient (Wildman–Crippen LogP) is 2.24. The summed E-state index contributed by atoms with van der Waals surface area (Å²) in [5, 5.41) is 2.93. The summed E-state index contributed by atoms with van der Waals surface area (Å²) >= 11 is 0. The van der Waals surface area contributed by atoms with Gasteiger partial charge in [0.15, 0.2) is 0 Å². The molecule has 1 saturated heterocycles. The number of hydrogen-bond donors (Lipinski definition) is 1. The summed E-state index contributed by atoms with van der Waals surface area (Å²) in [7, 11) is 0. The van der Waals surface area contributed by atoms with E-state index in [1.807, 2.05) is 6.92 Å². The first-order chi connectivity index (χ1) is 8.11. The number of alkyl carbamates (subject to hydrolysis) is 1. The minimum absolute atomic E-state index is 0.259.